The van der Waals surface area contributed by atoms with Gasteiger partial charge in [0.05, 0.1) is 32.0 Å². The summed E-state index contributed by atoms with van der Waals surface area (Å²) in [4.78, 5) is 14.5. The number of hydrogen-bond acceptors (Lipinski definition) is 4. The highest BCUT2D eigenvalue weighted by Crippen LogP contribution is 2.21. The van der Waals surface area contributed by atoms with Gasteiger partial charge in [0.2, 0.25) is 5.91 Å². The molecule has 1 fully saturated rings. The summed E-state index contributed by atoms with van der Waals surface area (Å²) in [5, 5.41) is 3.50. The molecule has 0 bridgehead atoms. The van der Waals surface area contributed by atoms with E-state index in [4.69, 9.17) is 9.47 Å². The zero-order valence-corrected chi connectivity index (χ0v) is 14.2. The van der Waals surface area contributed by atoms with Crippen molar-refractivity contribution in [3.05, 3.63) is 0 Å². The van der Waals surface area contributed by atoms with E-state index >= 15 is 0 Å². The molecule has 1 amide bonds. The fourth-order valence-corrected chi connectivity index (χ4v) is 2.70. The van der Waals surface area contributed by atoms with Crippen LogP contribution in [0.25, 0.3) is 0 Å². The lowest BCUT2D eigenvalue weighted by atomic mass is 10.0. The van der Waals surface area contributed by atoms with Gasteiger partial charge in [-0.25, -0.2) is 0 Å². The van der Waals surface area contributed by atoms with Crippen LogP contribution in [0, 0.1) is 11.8 Å². The van der Waals surface area contributed by atoms with Crippen molar-refractivity contribution in [2.45, 2.75) is 52.7 Å². The van der Waals surface area contributed by atoms with Gasteiger partial charge in [0, 0.05) is 13.7 Å². The first-order chi connectivity index (χ1) is 9.95. The zero-order valence-electron chi connectivity index (χ0n) is 14.2. The Morgan fingerprint density at radius 3 is 2.33 bits per heavy atom. The molecule has 1 heterocycles. The molecule has 0 radical (unpaired) electrons. The Kier molecular flexibility index (Phi) is 8.22. The van der Waals surface area contributed by atoms with E-state index in [1.165, 1.54) is 0 Å². The van der Waals surface area contributed by atoms with Crippen molar-refractivity contribution >= 4 is 5.91 Å². The number of nitrogens with zero attached hydrogens (tertiary/aromatic N) is 1. The lowest BCUT2D eigenvalue weighted by Gasteiger charge is -2.25. The second kappa shape index (κ2) is 9.38. The van der Waals surface area contributed by atoms with Gasteiger partial charge in [-0.15, -0.1) is 0 Å². The van der Waals surface area contributed by atoms with Gasteiger partial charge < -0.3 is 14.4 Å². The van der Waals surface area contributed by atoms with Crippen LogP contribution >= 0.6 is 0 Å². The number of ether oxygens (including phenoxy) is 2. The van der Waals surface area contributed by atoms with Crippen molar-refractivity contribution < 1.29 is 14.3 Å². The predicted octanol–water partition coefficient (Wildman–Crippen LogP) is 1.87. The Labute approximate surface area is 129 Å². The quantitative estimate of drug-likeness (QED) is 0.626. The van der Waals surface area contributed by atoms with Crippen LogP contribution in [0.1, 0.15) is 40.5 Å². The third kappa shape index (κ3) is 6.32. The minimum atomic E-state index is -0.0345. The Balaban J connectivity index is 2.51. The van der Waals surface area contributed by atoms with Gasteiger partial charge in [-0.3, -0.25) is 10.1 Å². The topological polar surface area (TPSA) is 50.8 Å². The van der Waals surface area contributed by atoms with Crippen LogP contribution in [-0.4, -0.2) is 56.5 Å². The van der Waals surface area contributed by atoms with E-state index in [1.807, 2.05) is 4.90 Å². The number of hydrogen-bond donors (Lipinski definition) is 1. The summed E-state index contributed by atoms with van der Waals surface area (Å²) in [6, 6.07) is -0.0345. The van der Waals surface area contributed by atoms with Crippen LogP contribution in [0.2, 0.25) is 0 Å². The molecule has 1 rings (SSSR count). The summed E-state index contributed by atoms with van der Waals surface area (Å²) < 4.78 is 10.5. The van der Waals surface area contributed by atoms with E-state index < -0.39 is 0 Å². The molecule has 2 atom stereocenters. The molecular formula is C16H32N2O3. The molecule has 0 aromatic heterocycles. The Morgan fingerprint density at radius 2 is 1.76 bits per heavy atom. The highest BCUT2D eigenvalue weighted by molar-refractivity contribution is 5.84. The van der Waals surface area contributed by atoms with Crippen molar-refractivity contribution in [1.29, 1.82) is 0 Å². The maximum Gasteiger partial charge on any atom is 0.241 e. The van der Waals surface area contributed by atoms with Gasteiger partial charge in [0.1, 0.15) is 0 Å². The van der Waals surface area contributed by atoms with Crippen molar-refractivity contribution in [1.82, 2.24) is 10.2 Å². The molecule has 0 aromatic rings. The molecule has 0 aromatic carbocycles. The fourth-order valence-electron chi connectivity index (χ4n) is 2.70. The molecule has 1 saturated heterocycles. The molecule has 1 aliphatic heterocycles. The second-order valence-electron chi connectivity index (χ2n) is 6.63. The van der Waals surface area contributed by atoms with E-state index in [2.05, 4.69) is 33.0 Å². The van der Waals surface area contributed by atoms with Crippen molar-refractivity contribution in [2.75, 3.05) is 33.5 Å². The average Bonchev–Trinajstić information content (AvgIpc) is 2.65. The largest absolute Gasteiger partial charge is 0.382 e. The van der Waals surface area contributed by atoms with Crippen molar-refractivity contribution in [3.8, 4) is 0 Å². The molecule has 21 heavy (non-hydrogen) atoms. The number of nitrogens with one attached hydrogen (secondary N) is 1. The number of rotatable bonds is 10. The Hall–Kier alpha value is -0.650. The number of methoxy groups -OCH3 is 1. The van der Waals surface area contributed by atoms with Crippen LogP contribution in [0.15, 0.2) is 0 Å². The molecule has 0 spiro atoms. The molecule has 1 N–H and O–H groups in total. The maximum absolute atomic E-state index is 12.5. The first kappa shape index (κ1) is 18.4. The van der Waals surface area contributed by atoms with E-state index in [0.717, 1.165) is 12.8 Å². The summed E-state index contributed by atoms with van der Waals surface area (Å²) >= 11 is 0. The maximum atomic E-state index is 12.5. The van der Waals surface area contributed by atoms with E-state index in [1.54, 1.807) is 7.11 Å². The minimum absolute atomic E-state index is 0.0345. The summed E-state index contributed by atoms with van der Waals surface area (Å²) in [6.07, 6.45) is 2.03. The summed E-state index contributed by atoms with van der Waals surface area (Å²) in [7, 11) is 1.66. The highest BCUT2D eigenvalue weighted by Gasteiger charge is 2.38. The Morgan fingerprint density at radius 1 is 1.10 bits per heavy atom. The van der Waals surface area contributed by atoms with Gasteiger partial charge in [-0.1, -0.05) is 27.7 Å². The number of carbonyl (C=O) groups excluding carboxylic acids is 1. The highest BCUT2D eigenvalue weighted by atomic mass is 16.5. The van der Waals surface area contributed by atoms with E-state index in [-0.39, 0.29) is 18.1 Å². The summed E-state index contributed by atoms with van der Waals surface area (Å²) in [5.74, 6) is 1.30. The van der Waals surface area contributed by atoms with Crippen LogP contribution in [0.4, 0.5) is 0 Å². The zero-order chi connectivity index (χ0) is 15.8. The lowest BCUT2D eigenvalue weighted by molar-refractivity contribution is -0.131. The second-order valence-corrected chi connectivity index (χ2v) is 6.63. The average molecular weight is 300 g/mol. The van der Waals surface area contributed by atoms with Gasteiger partial charge in [-0.05, 0) is 24.7 Å². The van der Waals surface area contributed by atoms with Crippen molar-refractivity contribution in [3.63, 3.8) is 0 Å². The monoisotopic (exact) mass is 300 g/mol. The van der Waals surface area contributed by atoms with Gasteiger partial charge in [0.25, 0.3) is 0 Å². The van der Waals surface area contributed by atoms with Gasteiger partial charge in [0.15, 0.2) is 0 Å². The van der Waals surface area contributed by atoms with Crippen LogP contribution in [0.5, 0.6) is 0 Å². The summed E-state index contributed by atoms with van der Waals surface area (Å²) in [5.41, 5.74) is 0. The van der Waals surface area contributed by atoms with E-state index in [0.29, 0.717) is 38.2 Å². The van der Waals surface area contributed by atoms with Crippen molar-refractivity contribution in [2.24, 2.45) is 11.8 Å². The third-order valence-electron chi connectivity index (χ3n) is 3.66. The smallest absolute Gasteiger partial charge is 0.241 e. The molecule has 1 aliphatic rings. The normalized spacial score (nSPS) is 22.8. The molecule has 2 unspecified atom stereocenters. The van der Waals surface area contributed by atoms with Gasteiger partial charge in [-0.2, -0.15) is 0 Å². The van der Waals surface area contributed by atoms with Crippen LogP contribution < -0.4 is 5.32 Å². The fraction of sp³-hybridized carbons (Fsp3) is 0.938. The Bertz CT molecular complexity index is 308. The van der Waals surface area contributed by atoms with Crippen LogP contribution in [-0.2, 0) is 14.3 Å². The molecule has 5 heteroatoms. The first-order valence-corrected chi connectivity index (χ1v) is 8.08. The molecule has 0 aliphatic carbocycles. The predicted molar refractivity (Wildman–Crippen MR) is 84.0 cm³/mol. The van der Waals surface area contributed by atoms with Gasteiger partial charge >= 0.3 is 0 Å². The summed E-state index contributed by atoms with van der Waals surface area (Å²) in [6.45, 7) is 11.1. The standard InChI is InChI=1S/C16H32N2O3/c1-12(2)10-14-16(19)18(6-7-21-9-8-20-5)15(17-14)11-13(3)4/h12-15,17H,6-11H2,1-5H3. The molecule has 0 saturated carbocycles. The lowest BCUT2D eigenvalue weighted by Crippen LogP contribution is -2.40. The number of amides is 1. The molecule has 124 valence electrons. The SMILES string of the molecule is COCCOCCN1C(=O)C(CC(C)C)NC1CC(C)C. The van der Waals surface area contributed by atoms with E-state index in [9.17, 15) is 4.79 Å². The molecular weight excluding hydrogens is 268 g/mol. The number of carbonyl (C=O) groups is 1. The minimum Gasteiger partial charge on any atom is -0.382 e. The van der Waals surface area contributed by atoms with Crippen LogP contribution in [0.3, 0.4) is 0 Å². The first-order valence-electron chi connectivity index (χ1n) is 8.08. The third-order valence-corrected chi connectivity index (χ3v) is 3.66. The molecule has 5 nitrogen and oxygen atoms in total.